The Morgan fingerprint density at radius 3 is 2.43 bits per heavy atom. The van der Waals surface area contributed by atoms with Crippen LogP contribution >= 0.6 is 23.2 Å². The second-order valence-electron chi connectivity index (χ2n) is 6.44. The van der Waals surface area contributed by atoms with Crippen molar-refractivity contribution in [2.45, 2.75) is 19.4 Å². The number of hydrogen-bond donors (Lipinski definition) is 2. The molecule has 0 aromatic heterocycles. The van der Waals surface area contributed by atoms with Crippen LogP contribution in [-0.2, 0) is 16.0 Å². The standard InChI is InChI=1S/C20H22Cl2FN3O2/c1-13(20(28)24-10-9-14-3-5-15(23)6-4-14)26(2)12-19(27)25-16-7-8-17(21)18(22)11-16/h3-8,11,13H,9-10,12H2,1-2H3,(H,24,28)(H,25,27). The number of benzene rings is 2. The van der Waals surface area contributed by atoms with Crippen LogP contribution in [0.3, 0.4) is 0 Å². The zero-order valence-corrected chi connectivity index (χ0v) is 17.1. The summed E-state index contributed by atoms with van der Waals surface area (Å²) < 4.78 is 12.9. The third-order valence-electron chi connectivity index (χ3n) is 4.26. The lowest BCUT2D eigenvalue weighted by Gasteiger charge is -2.23. The number of likely N-dealkylation sites (N-methyl/N-ethyl adjacent to an activating group) is 1. The van der Waals surface area contributed by atoms with Crippen LogP contribution in [0, 0.1) is 5.82 Å². The topological polar surface area (TPSA) is 61.4 Å². The molecule has 2 aromatic carbocycles. The Bertz CT molecular complexity index is 831. The van der Waals surface area contributed by atoms with E-state index in [4.69, 9.17) is 23.2 Å². The van der Waals surface area contributed by atoms with Gasteiger partial charge in [0.25, 0.3) is 0 Å². The van der Waals surface area contributed by atoms with Gasteiger partial charge in [0.05, 0.1) is 22.6 Å². The highest BCUT2D eigenvalue weighted by atomic mass is 35.5. The molecule has 0 radical (unpaired) electrons. The van der Waals surface area contributed by atoms with Crippen molar-refractivity contribution in [3.63, 3.8) is 0 Å². The van der Waals surface area contributed by atoms with E-state index < -0.39 is 6.04 Å². The summed E-state index contributed by atoms with van der Waals surface area (Å²) in [5.74, 6) is -0.749. The van der Waals surface area contributed by atoms with Gasteiger partial charge in [-0.05, 0) is 56.3 Å². The fourth-order valence-electron chi connectivity index (χ4n) is 2.47. The maximum Gasteiger partial charge on any atom is 0.238 e. The molecule has 150 valence electrons. The van der Waals surface area contributed by atoms with Gasteiger partial charge in [0, 0.05) is 12.2 Å². The van der Waals surface area contributed by atoms with Crippen LogP contribution in [0.1, 0.15) is 12.5 Å². The molecule has 2 amide bonds. The molecule has 1 unspecified atom stereocenters. The fraction of sp³-hybridized carbons (Fsp3) is 0.300. The molecule has 0 aliphatic rings. The molecule has 2 N–H and O–H groups in total. The molecule has 1 atom stereocenters. The smallest absolute Gasteiger partial charge is 0.238 e. The molecule has 0 heterocycles. The van der Waals surface area contributed by atoms with Crippen LogP contribution in [0.4, 0.5) is 10.1 Å². The van der Waals surface area contributed by atoms with E-state index in [9.17, 15) is 14.0 Å². The number of hydrogen-bond acceptors (Lipinski definition) is 3. The summed E-state index contributed by atoms with van der Waals surface area (Å²) in [5.41, 5.74) is 1.47. The van der Waals surface area contributed by atoms with Crippen LogP contribution in [-0.4, -0.2) is 42.9 Å². The van der Waals surface area contributed by atoms with Crippen LogP contribution in [0.25, 0.3) is 0 Å². The van der Waals surface area contributed by atoms with Gasteiger partial charge in [0.15, 0.2) is 0 Å². The van der Waals surface area contributed by atoms with E-state index in [1.807, 2.05) is 0 Å². The molecule has 28 heavy (non-hydrogen) atoms. The van der Waals surface area contributed by atoms with Gasteiger partial charge in [-0.15, -0.1) is 0 Å². The van der Waals surface area contributed by atoms with Gasteiger partial charge in [0.1, 0.15) is 5.82 Å². The first-order valence-electron chi connectivity index (χ1n) is 8.73. The SMILES string of the molecule is CC(C(=O)NCCc1ccc(F)cc1)N(C)CC(=O)Nc1ccc(Cl)c(Cl)c1. The highest BCUT2D eigenvalue weighted by molar-refractivity contribution is 6.42. The molecule has 2 rings (SSSR count). The summed E-state index contributed by atoms with van der Waals surface area (Å²) in [5, 5.41) is 6.30. The van der Waals surface area contributed by atoms with Crippen molar-refractivity contribution in [2.24, 2.45) is 0 Å². The zero-order valence-electron chi connectivity index (χ0n) is 15.6. The first-order valence-corrected chi connectivity index (χ1v) is 9.49. The molecule has 0 spiro atoms. The van der Waals surface area contributed by atoms with Crippen molar-refractivity contribution in [3.05, 3.63) is 63.9 Å². The molecule has 0 bridgehead atoms. The minimum Gasteiger partial charge on any atom is -0.354 e. The summed E-state index contributed by atoms with van der Waals surface area (Å²) in [7, 11) is 1.69. The van der Waals surface area contributed by atoms with Gasteiger partial charge >= 0.3 is 0 Å². The second-order valence-corrected chi connectivity index (χ2v) is 7.25. The van der Waals surface area contributed by atoms with E-state index in [1.165, 1.54) is 12.1 Å². The van der Waals surface area contributed by atoms with Crippen molar-refractivity contribution in [1.29, 1.82) is 0 Å². The maximum absolute atomic E-state index is 12.9. The molecule has 0 aliphatic carbocycles. The molecule has 0 saturated heterocycles. The molecule has 0 saturated carbocycles. The minimum atomic E-state index is -0.493. The second kappa shape index (κ2) is 10.4. The van der Waals surface area contributed by atoms with E-state index in [-0.39, 0.29) is 24.2 Å². The first-order chi connectivity index (χ1) is 13.3. The Morgan fingerprint density at radius 2 is 1.79 bits per heavy atom. The van der Waals surface area contributed by atoms with E-state index in [2.05, 4.69) is 10.6 Å². The number of rotatable bonds is 8. The Labute approximate surface area is 173 Å². The summed E-state index contributed by atoms with van der Waals surface area (Å²) >= 11 is 11.8. The first kappa shape index (κ1) is 22.1. The zero-order chi connectivity index (χ0) is 20.7. The number of amides is 2. The number of halogens is 3. The van der Waals surface area contributed by atoms with E-state index in [0.29, 0.717) is 28.7 Å². The van der Waals surface area contributed by atoms with Crippen molar-refractivity contribution >= 4 is 40.7 Å². The minimum absolute atomic E-state index is 0.0345. The van der Waals surface area contributed by atoms with E-state index in [0.717, 1.165) is 5.56 Å². The van der Waals surface area contributed by atoms with Crippen LogP contribution in [0.5, 0.6) is 0 Å². The van der Waals surface area contributed by atoms with Gasteiger partial charge in [-0.3, -0.25) is 14.5 Å². The fourth-order valence-corrected chi connectivity index (χ4v) is 2.76. The molecular formula is C20H22Cl2FN3O2. The third kappa shape index (κ3) is 6.78. The van der Waals surface area contributed by atoms with E-state index in [1.54, 1.807) is 49.2 Å². The normalized spacial score (nSPS) is 11.9. The van der Waals surface area contributed by atoms with Gasteiger partial charge in [-0.1, -0.05) is 35.3 Å². The largest absolute Gasteiger partial charge is 0.354 e. The average molecular weight is 426 g/mol. The van der Waals surface area contributed by atoms with Crippen molar-refractivity contribution < 1.29 is 14.0 Å². The lowest BCUT2D eigenvalue weighted by atomic mass is 10.1. The molecule has 0 fully saturated rings. The lowest BCUT2D eigenvalue weighted by molar-refractivity contribution is -0.126. The molecule has 5 nitrogen and oxygen atoms in total. The highest BCUT2D eigenvalue weighted by Crippen LogP contribution is 2.24. The highest BCUT2D eigenvalue weighted by Gasteiger charge is 2.20. The molecular weight excluding hydrogens is 404 g/mol. The monoisotopic (exact) mass is 425 g/mol. The summed E-state index contributed by atoms with van der Waals surface area (Å²) in [6, 6.07) is 10.5. The molecule has 8 heteroatoms. The van der Waals surface area contributed by atoms with Gasteiger partial charge in [0.2, 0.25) is 11.8 Å². The summed E-state index contributed by atoms with van der Waals surface area (Å²) in [6.45, 7) is 2.19. The predicted molar refractivity (Wildman–Crippen MR) is 110 cm³/mol. The summed E-state index contributed by atoms with van der Waals surface area (Å²) in [6.07, 6.45) is 0.597. The molecule has 2 aromatic rings. The number of nitrogens with zero attached hydrogens (tertiary/aromatic N) is 1. The predicted octanol–water partition coefficient (Wildman–Crippen LogP) is 3.75. The average Bonchev–Trinajstić information content (AvgIpc) is 2.65. The Kier molecular flexibility index (Phi) is 8.23. The third-order valence-corrected chi connectivity index (χ3v) is 5.00. The van der Waals surface area contributed by atoms with Gasteiger partial charge in [-0.2, -0.15) is 0 Å². The Hall–Kier alpha value is -2.15. The Morgan fingerprint density at radius 1 is 1.11 bits per heavy atom. The van der Waals surface area contributed by atoms with Crippen molar-refractivity contribution in [3.8, 4) is 0 Å². The van der Waals surface area contributed by atoms with Crippen LogP contribution < -0.4 is 10.6 Å². The van der Waals surface area contributed by atoms with Crippen LogP contribution in [0.2, 0.25) is 10.0 Å². The van der Waals surface area contributed by atoms with Gasteiger partial charge < -0.3 is 10.6 Å². The number of carbonyl (C=O) groups excluding carboxylic acids is 2. The number of carbonyl (C=O) groups is 2. The maximum atomic E-state index is 12.9. The number of nitrogens with one attached hydrogen (secondary N) is 2. The molecule has 0 aliphatic heterocycles. The van der Waals surface area contributed by atoms with Gasteiger partial charge in [-0.25, -0.2) is 4.39 Å². The Balaban J connectivity index is 1.77. The quantitative estimate of drug-likeness (QED) is 0.676. The van der Waals surface area contributed by atoms with Crippen LogP contribution in [0.15, 0.2) is 42.5 Å². The summed E-state index contributed by atoms with van der Waals surface area (Å²) in [4.78, 5) is 26.1. The lowest BCUT2D eigenvalue weighted by Crippen LogP contribution is -2.46. The van der Waals surface area contributed by atoms with E-state index >= 15 is 0 Å². The van der Waals surface area contributed by atoms with Crippen molar-refractivity contribution in [2.75, 3.05) is 25.5 Å². The number of anilines is 1. The van der Waals surface area contributed by atoms with Crippen molar-refractivity contribution in [1.82, 2.24) is 10.2 Å².